The largest absolute Gasteiger partial charge is 0.383 e. The zero-order valence-corrected chi connectivity index (χ0v) is 11.1. The van der Waals surface area contributed by atoms with Gasteiger partial charge in [0.2, 0.25) is 0 Å². The van der Waals surface area contributed by atoms with Crippen LogP contribution in [-0.4, -0.2) is 16.5 Å². The Kier molecular flexibility index (Phi) is 3.10. The monoisotopic (exact) mass is 246 g/mol. The predicted molar refractivity (Wildman–Crippen MR) is 73.6 cm³/mol. The smallest absolute Gasteiger partial charge is 0.136 e. The van der Waals surface area contributed by atoms with Crippen LogP contribution in [0.1, 0.15) is 55.8 Å². The topological polar surface area (TPSA) is 63.8 Å². The average molecular weight is 246 g/mol. The van der Waals surface area contributed by atoms with Gasteiger partial charge in [-0.25, -0.2) is 9.97 Å². The molecule has 0 saturated heterocycles. The van der Waals surface area contributed by atoms with E-state index >= 15 is 0 Å². The first-order valence-corrected chi connectivity index (χ1v) is 7.12. The van der Waals surface area contributed by atoms with Crippen molar-refractivity contribution >= 4 is 11.6 Å². The molecule has 1 aromatic rings. The van der Waals surface area contributed by atoms with Crippen LogP contribution >= 0.6 is 0 Å². The Balaban J connectivity index is 1.61. The molecule has 4 nitrogen and oxygen atoms in total. The van der Waals surface area contributed by atoms with Gasteiger partial charge in [-0.15, -0.1) is 0 Å². The second-order valence-corrected chi connectivity index (χ2v) is 5.73. The van der Waals surface area contributed by atoms with Crippen LogP contribution in [0.25, 0.3) is 0 Å². The molecule has 0 aliphatic heterocycles. The molecule has 0 bridgehead atoms. The maximum Gasteiger partial charge on any atom is 0.136 e. The lowest BCUT2D eigenvalue weighted by Crippen LogP contribution is -2.10. The fraction of sp³-hybridized carbons (Fsp3) is 0.714. The quantitative estimate of drug-likeness (QED) is 0.758. The van der Waals surface area contributed by atoms with Gasteiger partial charge in [-0.1, -0.05) is 12.8 Å². The van der Waals surface area contributed by atoms with E-state index in [2.05, 4.69) is 15.3 Å². The molecule has 2 fully saturated rings. The van der Waals surface area contributed by atoms with E-state index in [1.54, 1.807) is 0 Å². The summed E-state index contributed by atoms with van der Waals surface area (Å²) < 4.78 is 0. The third-order valence-electron chi connectivity index (χ3n) is 3.92. The molecule has 0 atom stereocenters. The molecule has 0 radical (unpaired) electrons. The number of hydrogen-bond donors (Lipinski definition) is 2. The fourth-order valence-corrected chi connectivity index (χ4v) is 2.25. The first kappa shape index (κ1) is 11.8. The number of nitrogens with zero attached hydrogens (tertiary/aromatic N) is 2. The standard InChI is InChI=1S/C14H22N4/c1-9-12(15)17-14(11-6-7-11)18-13(9)16-8-2-3-10-4-5-10/h10-11H,2-8H2,1H3,(H3,15,16,17,18). The Bertz CT molecular complexity index is 436. The van der Waals surface area contributed by atoms with E-state index in [9.17, 15) is 0 Å². The Labute approximate surface area is 108 Å². The number of nitrogens with one attached hydrogen (secondary N) is 1. The molecule has 0 aromatic carbocycles. The molecule has 2 aliphatic carbocycles. The molecule has 0 unspecified atom stereocenters. The Hall–Kier alpha value is -1.32. The molecular weight excluding hydrogens is 224 g/mol. The number of aromatic nitrogens is 2. The van der Waals surface area contributed by atoms with Crippen LogP contribution in [0.4, 0.5) is 11.6 Å². The van der Waals surface area contributed by atoms with Crippen LogP contribution in [0.15, 0.2) is 0 Å². The van der Waals surface area contributed by atoms with Crippen molar-refractivity contribution in [3.8, 4) is 0 Å². The van der Waals surface area contributed by atoms with Crippen LogP contribution in [0.2, 0.25) is 0 Å². The lowest BCUT2D eigenvalue weighted by atomic mass is 10.2. The number of rotatable bonds is 6. The van der Waals surface area contributed by atoms with Crippen LogP contribution < -0.4 is 11.1 Å². The van der Waals surface area contributed by atoms with Crippen LogP contribution in [-0.2, 0) is 0 Å². The van der Waals surface area contributed by atoms with Crippen molar-refractivity contribution in [1.82, 2.24) is 9.97 Å². The van der Waals surface area contributed by atoms with Crippen molar-refractivity contribution in [2.24, 2.45) is 5.92 Å². The van der Waals surface area contributed by atoms with Gasteiger partial charge in [-0.05, 0) is 38.5 Å². The van der Waals surface area contributed by atoms with E-state index in [0.717, 1.165) is 29.7 Å². The van der Waals surface area contributed by atoms with E-state index in [4.69, 9.17) is 5.73 Å². The molecule has 1 aromatic heterocycles. The number of hydrogen-bond acceptors (Lipinski definition) is 4. The van der Waals surface area contributed by atoms with Crippen molar-refractivity contribution in [3.63, 3.8) is 0 Å². The van der Waals surface area contributed by atoms with Crippen molar-refractivity contribution in [1.29, 1.82) is 0 Å². The lowest BCUT2D eigenvalue weighted by molar-refractivity contribution is 0.686. The third kappa shape index (κ3) is 2.74. The van der Waals surface area contributed by atoms with E-state index in [1.807, 2.05) is 6.92 Å². The van der Waals surface area contributed by atoms with Gasteiger partial charge in [0, 0.05) is 18.0 Å². The van der Waals surface area contributed by atoms with Crippen molar-refractivity contribution < 1.29 is 0 Å². The minimum atomic E-state index is 0.555. The van der Waals surface area contributed by atoms with E-state index in [0.29, 0.717) is 11.7 Å². The van der Waals surface area contributed by atoms with E-state index in [1.165, 1.54) is 38.5 Å². The molecule has 1 heterocycles. The molecule has 0 spiro atoms. The molecule has 3 rings (SSSR count). The minimum absolute atomic E-state index is 0.555. The van der Waals surface area contributed by atoms with E-state index < -0.39 is 0 Å². The SMILES string of the molecule is Cc1c(N)nc(C2CC2)nc1NCCCC1CC1. The second-order valence-electron chi connectivity index (χ2n) is 5.73. The fourth-order valence-electron chi connectivity index (χ4n) is 2.25. The Morgan fingerprint density at radius 1 is 1.22 bits per heavy atom. The highest BCUT2D eigenvalue weighted by Gasteiger charge is 2.27. The van der Waals surface area contributed by atoms with Crippen LogP contribution in [0, 0.1) is 12.8 Å². The maximum atomic E-state index is 5.96. The van der Waals surface area contributed by atoms with Gasteiger partial charge in [-0.3, -0.25) is 0 Å². The average Bonchev–Trinajstić information content (AvgIpc) is 3.22. The molecule has 4 heteroatoms. The summed E-state index contributed by atoms with van der Waals surface area (Å²) in [5, 5.41) is 3.43. The van der Waals surface area contributed by atoms with Gasteiger partial charge < -0.3 is 11.1 Å². The van der Waals surface area contributed by atoms with Crippen molar-refractivity contribution in [2.45, 2.75) is 51.4 Å². The molecule has 98 valence electrons. The summed E-state index contributed by atoms with van der Waals surface area (Å²) in [6.07, 6.45) is 7.87. The number of nitrogen functional groups attached to an aromatic ring is 1. The highest BCUT2D eigenvalue weighted by molar-refractivity contribution is 5.55. The highest BCUT2D eigenvalue weighted by atomic mass is 15.1. The first-order valence-electron chi connectivity index (χ1n) is 7.12. The van der Waals surface area contributed by atoms with Gasteiger partial charge >= 0.3 is 0 Å². The normalized spacial score (nSPS) is 18.9. The summed E-state index contributed by atoms with van der Waals surface area (Å²) in [5.41, 5.74) is 6.95. The Morgan fingerprint density at radius 2 is 2.00 bits per heavy atom. The highest BCUT2D eigenvalue weighted by Crippen LogP contribution is 2.39. The number of nitrogens with two attached hydrogens (primary N) is 1. The summed E-state index contributed by atoms with van der Waals surface area (Å²) in [4.78, 5) is 9.01. The summed E-state index contributed by atoms with van der Waals surface area (Å²) in [6, 6.07) is 0. The molecule has 2 aliphatic rings. The summed E-state index contributed by atoms with van der Waals surface area (Å²) >= 11 is 0. The summed E-state index contributed by atoms with van der Waals surface area (Å²) in [5.74, 6) is 4.07. The zero-order valence-electron chi connectivity index (χ0n) is 11.1. The molecule has 2 saturated carbocycles. The van der Waals surface area contributed by atoms with E-state index in [-0.39, 0.29) is 0 Å². The third-order valence-corrected chi connectivity index (χ3v) is 3.92. The van der Waals surface area contributed by atoms with Gasteiger partial charge in [-0.2, -0.15) is 0 Å². The minimum Gasteiger partial charge on any atom is -0.383 e. The van der Waals surface area contributed by atoms with Crippen LogP contribution in [0.3, 0.4) is 0 Å². The molecule has 18 heavy (non-hydrogen) atoms. The molecule has 3 N–H and O–H groups in total. The zero-order chi connectivity index (χ0) is 12.5. The molecule has 0 amide bonds. The summed E-state index contributed by atoms with van der Waals surface area (Å²) in [6.45, 7) is 2.99. The maximum absolute atomic E-state index is 5.96. The lowest BCUT2D eigenvalue weighted by Gasteiger charge is -2.11. The van der Waals surface area contributed by atoms with Gasteiger partial charge in [0.25, 0.3) is 0 Å². The van der Waals surface area contributed by atoms with Crippen molar-refractivity contribution in [2.75, 3.05) is 17.6 Å². The Morgan fingerprint density at radius 3 is 2.67 bits per heavy atom. The van der Waals surface area contributed by atoms with Gasteiger partial charge in [0.1, 0.15) is 17.5 Å². The predicted octanol–water partition coefficient (Wildman–Crippen LogP) is 2.85. The summed E-state index contributed by atoms with van der Waals surface area (Å²) in [7, 11) is 0. The second kappa shape index (κ2) is 4.75. The van der Waals surface area contributed by atoms with Gasteiger partial charge in [0.15, 0.2) is 0 Å². The van der Waals surface area contributed by atoms with Crippen molar-refractivity contribution in [3.05, 3.63) is 11.4 Å². The number of anilines is 2. The van der Waals surface area contributed by atoms with Crippen LogP contribution in [0.5, 0.6) is 0 Å². The van der Waals surface area contributed by atoms with Gasteiger partial charge in [0.05, 0.1) is 0 Å². The molecular formula is C14H22N4. The first-order chi connectivity index (χ1) is 8.74.